The summed E-state index contributed by atoms with van der Waals surface area (Å²) in [5, 5.41) is 5.52. The largest absolute Gasteiger partial charge is 0.468 e. The average Bonchev–Trinajstić information content (AvgIpc) is 3.45. The van der Waals surface area contributed by atoms with Crippen LogP contribution in [-0.2, 0) is 19.9 Å². The van der Waals surface area contributed by atoms with E-state index in [0.29, 0.717) is 0 Å². The first-order valence-corrected chi connectivity index (χ1v) is 12.3. The van der Waals surface area contributed by atoms with Crippen molar-refractivity contribution in [2.24, 2.45) is 0 Å². The molecule has 4 nitrogen and oxygen atoms in total. The number of rotatable bonds is 10. The Bertz CT molecular complexity index is 1160. The molecule has 4 aromatic rings. The third kappa shape index (κ3) is 5.65. The highest BCUT2D eigenvalue weighted by molar-refractivity contribution is 7.10. The Hall–Kier alpha value is -3.80. The van der Waals surface area contributed by atoms with E-state index in [-0.39, 0.29) is 12.2 Å². The van der Waals surface area contributed by atoms with Gasteiger partial charge in [0.25, 0.3) is 0 Å². The van der Waals surface area contributed by atoms with Gasteiger partial charge in [0.15, 0.2) is 5.78 Å². The number of carbonyl (C=O) groups excluding carboxylic acids is 2. The van der Waals surface area contributed by atoms with Crippen LogP contribution < -0.4 is 5.32 Å². The highest BCUT2D eigenvalue weighted by Gasteiger charge is 2.40. The van der Waals surface area contributed by atoms with Crippen molar-refractivity contribution in [3.63, 3.8) is 0 Å². The van der Waals surface area contributed by atoms with Gasteiger partial charge in [-0.25, -0.2) is 0 Å². The van der Waals surface area contributed by atoms with Crippen molar-refractivity contribution in [2.45, 2.75) is 18.0 Å². The van der Waals surface area contributed by atoms with E-state index in [1.807, 2.05) is 109 Å². The molecule has 0 aliphatic carbocycles. The van der Waals surface area contributed by atoms with E-state index < -0.39 is 17.6 Å². The molecule has 0 saturated carbocycles. The summed E-state index contributed by atoms with van der Waals surface area (Å²) in [6.45, 7) is 0. The van der Waals surface area contributed by atoms with Crippen molar-refractivity contribution in [1.82, 2.24) is 5.32 Å². The van der Waals surface area contributed by atoms with Gasteiger partial charge in [-0.3, -0.25) is 14.9 Å². The summed E-state index contributed by atoms with van der Waals surface area (Å²) >= 11 is 1.55. The Morgan fingerprint density at radius 2 is 1.34 bits per heavy atom. The molecule has 176 valence electrons. The second-order valence-electron chi connectivity index (χ2n) is 8.09. The molecule has 3 aromatic carbocycles. The maximum atomic E-state index is 13.0. The van der Waals surface area contributed by atoms with Gasteiger partial charge in [-0.05, 0) is 40.3 Å². The smallest absolute Gasteiger partial charge is 0.323 e. The summed E-state index contributed by atoms with van der Waals surface area (Å²) in [4.78, 5) is 26.9. The van der Waals surface area contributed by atoms with Gasteiger partial charge >= 0.3 is 5.97 Å². The van der Waals surface area contributed by atoms with E-state index in [0.717, 1.165) is 21.6 Å². The molecule has 1 N–H and O–H groups in total. The monoisotopic (exact) mass is 481 g/mol. The summed E-state index contributed by atoms with van der Waals surface area (Å²) < 4.78 is 5.14. The quantitative estimate of drug-likeness (QED) is 0.176. The fraction of sp³-hybridized carbons (Fsp3) is 0.133. The first-order chi connectivity index (χ1) is 17.1. The number of carbonyl (C=O) groups is 2. The lowest BCUT2D eigenvalue weighted by Crippen LogP contribution is -2.53. The number of methoxy groups -OCH3 is 1. The van der Waals surface area contributed by atoms with Crippen LogP contribution in [0.2, 0.25) is 0 Å². The van der Waals surface area contributed by atoms with Crippen LogP contribution in [0.1, 0.15) is 28.0 Å². The van der Waals surface area contributed by atoms with Crippen LogP contribution in [0.4, 0.5) is 0 Å². The average molecular weight is 482 g/mol. The van der Waals surface area contributed by atoms with Crippen LogP contribution in [0.3, 0.4) is 0 Å². The van der Waals surface area contributed by atoms with Gasteiger partial charge in [-0.2, -0.15) is 0 Å². The molecule has 0 fully saturated rings. The molecule has 5 heteroatoms. The highest BCUT2D eigenvalue weighted by atomic mass is 32.1. The Kier molecular flexibility index (Phi) is 8.03. The molecule has 0 aliphatic rings. The lowest BCUT2D eigenvalue weighted by Gasteiger charge is -2.39. The molecule has 0 radical (unpaired) electrons. The molecule has 1 atom stereocenters. The third-order valence-corrected chi connectivity index (χ3v) is 6.72. The zero-order valence-electron chi connectivity index (χ0n) is 19.5. The zero-order chi connectivity index (χ0) is 24.5. The molecule has 0 aliphatic heterocycles. The lowest BCUT2D eigenvalue weighted by atomic mass is 9.76. The third-order valence-electron chi connectivity index (χ3n) is 5.88. The molecular weight excluding hydrogens is 454 g/mol. The number of hydrogen-bond acceptors (Lipinski definition) is 5. The van der Waals surface area contributed by atoms with Gasteiger partial charge in [0, 0.05) is 11.3 Å². The van der Waals surface area contributed by atoms with Crippen molar-refractivity contribution in [3.8, 4) is 0 Å². The zero-order valence-corrected chi connectivity index (χ0v) is 20.3. The predicted molar refractivity (Wildman–Crippen MR) is 141 cm³/mol. The minimum absolute atomic E-state index is 0.0389. The number of esters is 1. The van der Waals surface area contributed by atoms with Crippen molar-refractivity contribution in [1.29, 1.82) is 0 Å². The Balaban J connectivity index is 1.79. The number of allylic oxidation sites excluding steroid dienone is 1. The van der Waals surface area contributed by atoms with Gasteiger partial charge in [-0.1, -0.05) is 97.1 Å². The fourth-order valence-electron chi connectivity index (χ4n) is 4.24. The van der Waals surface area contributed by atoms with Crippen molar-refractivity contribution < 1.29 is 14.3 Å². The SMILES string of the molecule is COC(=O)[C@H](CC(=O)/C=C/c1cccs1)NC(c1ccccc1)(c1ccccc1)c1ccccc1. The van der Waals surface area contributed by atoms with Crippen molar-refractivity contribution in [3.05, 3.63) is 136 Å². The predicted octanol–water partition coefficient (Wildman–Crippen LogP) is 5.84. The molecule has 0 spiro atoms. The van der Waals surface area contributed by atoms with Gasteiger partial charge in [-0.15, -0.1) is 11.3 Å². The molecule has 0 amide bonds. The summed E-state index contributed by atoms with van der Waals surface area (Å²) in [7, 11) is 1.35. The summed E-state index contributed by atoms with van der Waals surface area (Å²) in [6.07, 6.45) is 3.27. The molecule has 1 aromatic heterocycles. The summed E-state index contributed by atoms with van der Waals surface area (Å²) in [5.74, 6) is -0.653. The highest BCUT2D eigenvalue weighted by Crippen LogP contribution is 2.37. The fourth-order valence-corrected chi connectivity index (χ4v) is 4.86. The number of hydrogen-bond donors (Lipinski definition) is 1. The molecule has 1 heterocycles. The number of ether oxygens (including phenoxy) is 1. The van der Waals surface area contributed by atoms with E-state index in [2.05, 4.69) is 5.32 Å². The maximum absolute atomic E-state index is 13.0. The number of nitrogens with one attached hydrogen (secondary N) is 1. The summed E-state index contributed by atoms with van der Waals surface area (Å²) in [6, 6.07) is 32.9. The first kappa shape index (κ1) is 24.3. The van der Waals surface area contributed by atoms with Crippen LogP contribution in [0.15, 0.2) is 115 Å². The van der Waals surface area contributed by atoms with Crippen molar-refractivity contribution in [2.75, 3.05) is 7.11 Å². The molecule has 0 unspecified atom stereocenters. The summed E-state index contributed by atoms with van der Waals surface area (Å²) in [5.41, 5.74) is 1.97. The Morgan fingerprint density at radius 1 is 0.829 bits per heavy atom. The van der Waals surface area contributed by atoms with Gasteiger partial charge in [0.05, 0.1) is 12.6 Å². The molecule has 0 bridgehead atoms. The number of benzene rings is 3. The van der Waals surface area contributed by atoms with Crippen molar-refractivity contribution >= 4 is 29.2 Å². The number of ketones is 1. The van der Waals surface area contributed by atoms with Crippen LogP contribution >= 0.6 is 11.3 Å². The van der Waals surface area contributed by atoms with E-state index in [1.165, 1.54) is 13.2 Å². The lowest BCUT2D eigenvalue weighted by molar-refractivity contribution is -0.144. The van der Waals surface area contributed by atoms with E-state index in [9.17, 15) is 9.59 Å². The van der Waals surface area contributed by atoms with Gasteiger partial charge in [0.1, 0.15) is 6.04 Å². The molecular formula is C30H27NO3S. The Morgan fingerprint density at radius 3 is 1.77 bits per heavy atom. The van der Waals surface area contributed by atoms with Crippen LogP contribution in [0.25, 0.3) is 6.08 Å². The molecule has 0 saturated heterocycles. The minimum atomic E-state index is -0.889. The maximum Gasteiger partial charge on any atom is 0.323 e. The van der Waals surface area contributed by atoms with E-state index in [4.69, 9.17) is 4.74 Å². The Labute approximate surface area is 209 Å². The normalized spacial score (nSPS) is 12.4. The standard InChI is InChI=1S/C30H27NO3S/c1-34-29(33)28(22-26(32)19-20-27-18-11-21-35-27)31-30(23-12-5-2-6-13-23,24-14-7-3-8-15-24)25-16-9-4-10-17-25/h2-21,28,31H,22H2,1H3/b20-19+/t28-/m0/s1. The van der Waals surface area contributed by atoms with E-state index >= 15 is 0 Å². The molecule has 35 heavy (non-hydrogen) atoms. The first-order valence-electron chi connectivity index (χ1n) is 11.4. The second kappa shape index (κ2) is 11.6. The number of thiophene rings is 1. The van der Waals surface area contributed by atoms with Gasteiger partial charge in [0.2, 0.25) is 0 Å². The van der Waals surface area contributed by atoms with E-state index in [1.54, 1.807) is 17.4 Å². The second-order valence-corrected chi connectivity index (χ2v) is 9.07. The van der Waals surface area contributed by atoms with Crippen LogP contribution in [0.5, 0.6) is 0 Å². The van der Waals surface area contributed by atoms with Gasteiger partial charge < -0.3 is 4.74 Å². The molecule has 4 rings (SSSR count). The minimum Gasteiger partial charge on any atom is -0.468 e. The van der Waals surface area contributed by atoms with Crippen LogP contribution in [0, 0.1) is 0 Å². The topological polar surface area (TPSA) is 55.4 Å². The van der Waals surface area contributed by atoms with Crippen LogP contribution in [-0.4, -0.2) is 24.9 Å².